The first kappa shape index (κ1) is 29.3. The molecule has 1 aromatic heterocycles. The summed E-state index contributed by atoms with van der Waals surface area (Å²) >= 11 is 0. The van der Waals surface area contributed by atoms with E-state index in [1.807, 2.05) is 30.3 Å². The Balaban J connectivity index is 1.32. The van der Waals surface area contributed by atoms with Gasteiger partial charge in [0.2, 0.25) is 15.9 Å². The van der Waals surface area contributed by atoms with Crippen LogP contribution in [0.3, 0.4) is 0 Å². The molecule has 0 spiro atoms. The van der Waals surface area contributed by atoms with Gasteiger partial charge < -0.3 is 14.5 Å². The molecule has 1 atom stereocenters. The Hall–Kier alpha value is -4.22. The number of guanidine groups is 1. The Morgan fingerprint density at radius 1 is 1.05 bits per heavy atom. The average molecular weight is 591 g/mol. The van der Waals surface area contributed by atoms with Gasteiger partial charge in [-0.05, 0) is 61.9 Å². The van der Waals surface area contributed by atoms with Crippen molar-refractivity contribution in [1.82, 2.24) is 15.4 Å². The fraction of sp³-hybridized carbons (Fsp3) is 0.323. The normalized spacial score (nSPS) is 14.4. The lowest BCUT2D eigenvalue weighted by Crippen LogP contribution is -2.44. The number of amides is 1. The van der Waals surface area contributed by atoms with E-state index in [4.69, 9.17) is 9.15 Å². The second kappa shape index (κ2) is 12.7. The summed E-state index contributed by atoms with van der Waals surface area (Å²) in [5.41, 5.74) is 1.53. The molecule has 0 saturated heterocycles. The lowest BCUT2D eigenvalue weighted by atomic mass is 10.1. The third-order valence-electron chi connectivity index (χ3n) is 6.81. The van der Waals surface area contributed by atoms with Crippen LogP contribution in [0, 0.1) is 0 Å². The minimum atomic E-state index is -4.09. The smallest absolute Gasteiger partial charge is 0.324 e. The van der Waals surface area contributed by atoms with E-state index in [9.17, 15) is 18.0 Å². The van der Waals surface area contributed by atoms with Gasteiger partial charge in [-0.1, -0.05) is 42.5 Å². The molecule has 0 aliphatic carbocycles. The van der Waals surface area contributed by atoms with Gasteiger partial charge in [-0.15, -0.1) is 0 Å². The fourth-order valence-corrected chi connectivity index (χ4v) is 6.26. The number of fused-ring (bicyclic) bond motifs is 2. The molecule has 5 rings (SSSR count). The Bertz CT molecular complexity index is 1740. The third kappa shape index (κ3) is 7.15. The average Bonchev–Trinajstić information content (AvgIpc) is 3.37. The van der Waals surface area contributed by atoms with E-state index in [2.05, 4.69) is 20.3 Å². The summed E-state index contributed by atoms with van der Waals surface area (Å²) in [6.07, 6.45) is 1.27. The van der Waals surface area contributed by atoms with Crippen molar-refractivity contribution in [3.8, 4) is 0 Å². The van der Waals surface area contributed by atoms with Gasteiger partial charge in [-0.3, -0.25) is 19.9 Å². The van der Waals surface area contributed by atoms with Gasteiger partial charge >= 0.3 is 5.97 Å². The Kier molecular flexibility index (Phi) is 8.89. The summed E-state index contributed by atoms with van der Waals surface area (Å²) in [7, 11) is -4.09. The number of furan rings is 1. The quantitative estimate of drug-likeness (QED) is 0.239. The highest BCUT2D eigenvalue weighted by Gasteiger charge is 2.30. The maximum Gasteiger partial charge on any atom is 0.324 e. The van der Waals surface area contributed by atoms with Crippen molar-refractivity contribution in [2.75, 3.05) is 13.1 Å². The predicted molar refractivity (Wildman–Crippen MR) is 161 cm³/mol. The van der Waals surface area contributed by atoms with E-state index in [0.717, 1.165) is 29.3 Å². The van der Waals surface area contributed by atoms with Crippen molar-refractivity contribution in [3.05, 3.63) is 78.1 Å². The van der Waals surface area contributed by atoms with Gasteiger partial charge in [0.1, 0.15) is 17.4 Å². The number of benzene rings is 3. The first-order valence-electron chi connectivity index (χ1n) is 14.0. The molecule has 2 heterocycles. The number of hydrogen-bond acceptors (Lipinski definition) is 8. The largest absolute Gasteiger partial charge is 0.462 e. The molecule has 3 N–H and O–H groups in total. The van der Waals surface area contributed by atoms with Crippen molar-refractivity contribution < 1.29 is 27.2 Å². The fourth-order valence-electron chi connectivity index (χ4n) is 4.84. The van der Waals surface area contributed by atoms with Crippen molar-refractivity contribution >= 4 is 49.6 Å². The zero-order chi connectivity index (χ0) is 29.7. The monoisotopic (exact) mass is 590 g/mol. The van der Waals surface area contributed by atoms with Crippen LogP contribution in [-0.4, -0.2) is 51.5 Å². The zero-order valence-corrected chi connectivity index (χ0v) is 24.4. The summed E-state index contributed by atoms with van der Waals surface area (Å²) < 4.78 is 41.0. The van der Waals surface area contributed by atoms with Gasteiger partial charge in [0, 0.05) is 36.7 Å². The van der Waals surface area contributed by atoms with E-state index < -0.39 is 28.1 Å². The lowest BCUT2D eigenvalue weighted by Gasteiger charge is -2.19. The summed E-state index contributed by atoms with van der Waals surface area (Å²) in [5.74, 6) is 0.120. The predicted octanol–water partition coefficient (Wildman–Crippen LogP) is 3.83. The molecular formula is C31H34N4O6S. The van der Waals surface area contributed by atoms with Gasteiger partial charge in [-0.25, -0.2) is 8.42 Å². The van der Waals surface area contributed by atoms with Crippen LogP contribution in [0.1, 0.15) is 38.0 Å². The minimum Gasteiger partial charge on any atom is -0.462 e. The molecule has 0 bridgehead atoms. The lowest BCUT2D eigenvalue weighted by molar-refractivity contribution is -0.149. The maximum absolute atomic E-state index is 13.5. The molecule has 3 aromatic carbocycles. The maximum atomic E-state index is 13.5. The Morgan fingerprint density at radius 2 is 1.86 bits per heavy atom. The van der Waals surface area contributed by atoms with Gasteiger partial charge in [0.25, 0.3) is 0 Å². The first-order valence-corrected chi connectivity index (χ1v) is 15.5. The van der Waals surface area contributed by atoms with Crippen molar-refractivity contribution in [1.29, 1.82) is 0 Å². The number of aryl methyl sites for hydroxylation is 1. The van der Waals surface area contributed by atoms with Crippen LogP contribution in [0.2, 0.25) is 0 Å². The molecule has 0 fully saturated rings. The van der Waals surface area contributed by atoms with E-state index in [-0.39, 0.29) is 23.6 Å². The number of hydrogen-bond donors (Lipinski definition) is 3. The van der Waals surface area contributed by atoms with Crippen molar-refractivity contribution in [2.45, 2.75) is 56.6 Å². The Morgan fingerprint density at radius 3 is 2.64 bits per heavy atom. The van der Waals surface area contributed by atoms with Crippen LogP contribution in [-0.2, 0) is 37.2 Å². The highest BCUT2D eigenvalue weighted by atomic mass is 32.2. The number of sulfonamides is 1. The van der Waals surface area contributed by atoms with Crippen LogP contribution in [0.4, 0.5) is 0 Å². The van der Waals surface area contributed by atoms with Crippen molar-refractivity contribution in [3.63, 3.8) is 0 Å². The molecule has 11 heteroatoms. The molecule has 0 saturated carbocycles. The van der Waals surface area contributed by atoms with Crippen LogP contribution < -0.4 is 15.4 Å². The molecule has 1 aliphatic heterocycles. The second-order valence-electron chi connectivity index (χ2n) is 10.5. The number of esters is 1. The Labute approximate surface area is 244 Å². The van der Waals surface area contributed by atoms with Crippen LogP contribution in [0.25, 0.3) is 21.7 Å². The molecule has 220 valence electrons. The standard InChI is InChI=1S/C31H34N4O6S/c1-20(2)40-30(37)26(35-42(38,39)28-10-5-8-22-7-3-4-9-25(22)28)19-24-18-23-17-21(11-13-27(23)41-24)12-14-29(36)34-31-32-15-6-16-33-31/h3-5,7-11,13,17-18,20,26,35H,6,12,14-16,19H2,1-2H3,(H2,32,33,34,36). The highest BCUT2D eigenvalue weighted by molar-refractivity contribution is 7.89. The molecule has 10 nitrogen and oxygen atoms in total. The van der Waals surface area contributed by atoms with Crippen LogP contribution in [0.15, 0.2) is 81.0 Å². The number of aliphatic imine (C=N–C) groups is 1. The molecule has 0 radical (unpaired) electrons. The van der Waals surface area contributed by atoms with E-state index in [0.29, 0.717) is 35.7 Å². The van der Waals surface area contributed by atoms with E-state index in [1.165, 1.54) is 6.07 Å². The minimum absolute atomic E-state index is 0.0446. The second-order valence-corrected chi connectivity index (χ2v) is 12.2. The number of nitrogens with one attached hydrogen (secondary N) is 3. The van der Waals surface area contributed by atoms with Crippen LogP contribution >= 0.6 is 0 Å². The summed E-state index contributed by atoms with van der Waals surface area (Å²) in [6, 6.07) is 18.3. The highest BCUT2D eigenvalue weighted by Crippen LogP contribution is 2.25. The van der Waals surface area contributed by atoms with Gasteiger partial charge in [0.15, 0.2) is 5.96 Å². The molecule has 42 heavy (non-hydrogen) atoms. The molecule has 4 aromatic rings. The molecule has 1 aliphatic rings. The van der Waals surface area contributed by atoms with Gasteiger partial charge in [-0.2, -0.15) is 4.72 Å². The molecule has 1 amide bonds. The third-order valence-corrected chi connectivity index (χ3v) is 8.34. The SMILES string of the molecule is CC(C)OC(=O)C(Cc1cc2cc(CCC(=O)NC3=NCCCN3)ccc2o1)NS(=O)(=O)c1cccc2ccccc12. The molecular weight excluding hydrogens is 556 g/mol. The topological polar surface area (TPSA) is 139 Å². The van der Waals surface area contributed by atoms with E-state index >= 15 is 0 Å². The zero-order valence-electron chi connectivity index (χ0n) is 23.6. The number of carbonyl (C=O) groups is 2. The summed E-state index contributed by atoms with van der Waals surface area (Å²) in [4.78, 5) is 29.7. The van der Waals surface area contributed by atoms with Gasteiger partial charge in [0.05, 0.1) is 11.0 Å². The number of carbonyl (C=O) groups excluding carboxylic acids is 2. The summed E-state index contributed by atoms with van der Waals surface area (Å²) in [5, 5.41) is 7.98. The number of rotatable bonds is 10. The summed E-state index contributed by atoms with van der Waals surface area (Å²) in [6.45, 7) is 4.90. The number of nitrogens with zero attached hydrogens (tertiary/aromatic N) is 1. The van der Waals surface area contributed by atoms with E-state index in [1.54, 1.807) is 44.2 Å². The first-order chi connectivity index (χ1) is 20.2. The van der Waals surface area contributed by atoms with Crippen LogP contribution in [0.5, 0.6) is 0 Å². The van der Waals surface area contributed by atoms with Crippen molar-refractivity contribution in [2.24, 2.45) is 4.99 Å². The molecule has 1 unspecified atom stereocenters. The number of ether oxygens (including phenoxy) is 1.